The number of piperidine rings is 1. The molecule has 0 spiro atoms. The Hall–Kier alpha value is -1.82. The molecule has 0 saturated carbocycles. The first-order valence-electron chi connectivity index (χ1n) is 6.68. The molecule has 1 N–H and O–H groups in total. The molecular formula is C14H20N2O4. The van der Waals surface area contributed by atoms with Crippen molar-refractivity contribution in [2.24, 2.45) is 0 Å². The van der Waals surface area contributed by atoms with Crippen LogP contribution < -0.4 is 0 Å². The van der Waals surface area contributed by atoms with E-state index >= 15 is 0 Å². The molecule has 6 heteroatoms. The van der Waals surface area contributed by atoms with Gasteiger partial charge < -0.3 is 19.3 Å². The number of nitrogens with zero attached hydrogens (tertiary/aromatic N) is 2. The minimum Gasteiger partial charge on any atom is -0.459 e. The lowest BCUT2D eigenvalue weighted by atomic mass is 9.94. The lowest BCUT2D eigenvalue weighted by Crippen LogP contribution is -2.48. The lowest BCUT2D eigenvalue weighted by Gasteiger charge is -2.36. The highest BCUT2D eigenvalue weighted by Crippen LogP contribution is 2.21. The monoisotopic (exact) mass is 280 g/mol. The predicted molar refractivity (Wildman–Crippen MR) is 72.1 cm³/mol. The van der Waals surface area contributed by atoms with Crippen LogP contribution in [0, 0.1) is 0 Å². The zero-order valence-electron chi connectivity index (χ0n) is 11.8. The molecule has 0 aromatic carbocycles. The molecule has 20 heavy (non-hydrogen) atoms. The van der Waals surface area contributed by atoms with Gasteiger partial charge in [-0.1, -0.05) is 0 Å². The second-order valence-electron chi connectivity index (χ2n) is 5.52. The van der Waals surface area contributed by atoms with Gasteiger partial charge in [-0.25, -0.2) is 0 Å². The van der Waals surface area contributed by atoms with E-state index in [0.29, 0.717) is 25.9 Å². The Kier molecular flexibility index (Phi) is 4.13. The maximum atomic E-state index is 12.1. The van der Waals surface area contributed by atoms with Crippen LogP contribution in [-0.2, 0) is 4.79 Å². The first-order chi connectivity index (χ1) is 9.39. The SMILES string of the molecule is CN(CC(=O)N1CCC(C)(O)CC1)C(=O)c1ccco1. The maximum absolute atomic E-state index is 12.1. The van der Waals surface area contributed by atoms with E-state index in [9.17, 15) is 14.7 Å². The first kappa shape index (κ1) is 14.6. The third kappa shape index (κ3) is 3.39. The molecule has 6 nitrogen and oxygen atoms in total. The van der Waals surface area contributed by atoms with Crippen molar-refractivity contribution in [3.8, 4) is 0 Å². The Morgan fingerprint density at radius 1 is 1.45 bits per heavy atom. The molecule has 1 aliphatic rings. The second-order valence-corrected chi connectivity index (χ2v) is 5.52. The highest BCUT2D eigenvalue weighted by molar-refractivity contribution is 5.94. The summed E-state index contributed by atoms with van der Waals surface area (Å²) in [5.41, 5.74) is -0.688. The smallest absolute Gasteiger partial charge is 0.289 e. The van der Waals surface area contributed by atoms with E-state index in [1.165, 1.54) is 11.2 Å². The van der Waals surface area contributed by atoms with Crippen LogP contribution in [0.2, 0.25) is 0 Å². The summed E-state index contributed by atoms with van der Waals surface area (Å²) in [4.78, 5) is 27.1. The molecule has 1 aromatic rings. The molecule has 2 amide bonds. The van der Waals surface area contributed by atoms with Crippen molar-refractivity contribution >= 4 is 11.8 Å². The first-order valence-corrected chi connectivity index (χ1v) is 6.68. The standard InChI is InChI=1S/C14H20N2O4/c1-14(19)5-7-16(8-6-14)12(17)10-15(2)13(18)11-4-3-9-20-11/h3-4,9,19H,5-8,10H2,1-2H3. The van der Waals surface area contributed by atoms with Crippen molar-refractivity contribution in [1.82, 2.24) is 9.80 Å². The highest BCUT2D eigenvalue weighted by atomic mass is 16.3. The van der Waals surface area contributed by atoms with E-state index in [2.05, 4.69) is 0 Å². The van der Waals surface area contributed by atoms with E-state index in [0.717, 1.165) is 0 Å². The molecule has 1 fully saturated rings. The zero-order valence-corrected chi connectivity index (χ0v) is 11.8. The highest BCUT2D eigenvalue weighted by Gasteiger charge is 2.30. The van der Waals surface area contributed by atoms with Crippen LogP contribution in [-0.4, -0.2) is 59.0 Å². The predicted octanol–water partition coefficient (Wildman–Crippen LogP) is 0.725. The van der Waals surface area contributed by atoms with Crippen molar-refractivity contribution in [1.29, 1.82) is 0 Å². The van der Waals surface area contributed by atoms with Crippen LogP contribution in [0.5, 0.6) is 0 Å². The van der Waals surface area contributed by atoms with Gasteiger partial charge in [0.1, 0.15) is 0 Å². The summed E-state index contributed by atoms with van der Waals surface area (Å²) in [7, 11) is 1.57. The Labute approximate surface area is 118 Å². The molecule has 2 heterocycles. The molecule has 1 aliphatic heterocycles. The van der Waals surface area contributed by atoms with Crippen LogP contribution in [0.25, 0.3) is 0 Å². The third-order valence-corrected chi connectivity index (χ3v) is 3.64. The minimum atomic E-state index is -0.688. The van der Waals surface area contributed by atoms with Crippen molar-refractivity contribution in [2.75, 3.05) is 26.7 Å². The molecule has 1 saturated heterocycles. The number of likely N-dealkylation sites (N-methyl/N-ethyl adjacent to an activating group) is 1. The van der Waals surface area contributed by atoms with Crippen molar-refractivity contribution in [2.45, 2.75) is 25.4 Å². The third-order valence-electron chi connectivity index (χ3n) is 3.64. The molecule has 0 radical (unpaired) electrons. The number of carbonyl (C=O) groups is 2. The van der Waals surface area contributed by atoms with Crippen molar-refractivity contribution in [3.63, 3.8) is 0 Å². The maximum Gasteiger partial charge on any atom is 0.289 e. The van der Waals surface area contributed by atoms with E-state index in [1.54, 1.807) is 31.0 Å². The number of hydrogen-bond donors (Lipinski definition) is 1. The quantitative estimate of drug-likeness (QED) is 0.885. The normalized spacial score (nSPS) is 17.9. The summed E-state index contributed by atoms with van der Waals surface area (Å²) in [5, 5.41) is 9.85. The van der Waals surface area contributed by atoms with Gasteiger partial charge in [0.05, 0.1) is 18.4 Å². The van der Waals surface area contributed by atoms with Gasteiger partial charge in [-0.2, -0.15) is 0 Å². The Bertz CT molecular complexity index is 471. The van der Waals surface area contributed by atoms with Gasteiger partial charge in [0.2, 0.25) is 5.91 Å². The Morgan fingerprint density at radius 3 is 2.65 bits per heavy atom. The van der Waals surface area contributed by atoms with E-state index < -0.39 is 5.60 Å². The number of hydrogen-bond acceptors (Lipinski definition) is 4. The molecule has 0 atom stereocenters. The summed E-state index contributed by atoms with van der Waals surface area (Å²) >= 11 is 0. The summed E-state index contributed by atoms with van der Waals surface area (Å²) in [6.45, 7) is 2.84. The minimum absolute atomic E-state index is 0.0156. The van der Waals surface area contributed by atoms with E-state index in [1.807, 2.05) is 0 Å². The fourth-order valence-corrected chi connectivity index (χ4v) is 2.20. The van der Waals surface area contributed by atoms with Crippen LogP contribution in [0.15, 0.2) is 22.8 Å². The number of furan rings is 1. The number of likely N-dealkylation sites (tertiary alicyclic amines) is 1. The van der Waals surface area contributed by atoms with Crippen LogP contribution >= 0.6 is 0 Å². The molecule has 1 aromatic heterocycles. The largest absolute Gasteiger partial charge is 0.459 e. The number of carbonyl (C=O) groups excluding carboxylic acids is 2. The summed E-state index contributed by atoms with van der Waals surface area (Å²) in [6.07, 6.45) is 2.55. The zero-order chi connectivity index (χ0) is 14.8. The molecule has 0 aliphatic carbocycles. The fourth-order valence-electron chi connectivity index (χ4n) is 2.20. The average molecular weight is 280 g/mol. The van der Waals surface area contributed by atoms with Gasteiger partial charge in [0.25, 0.3) is 5.91 Å². The van der Waals surface area contributed by atoms with Crippen LogP contribution in [0.1, 0.15) is 30.3 Å². The van der Waals surface area contributed by atoms with Gasteiger partial charge in [-0.3, -0.25) is 9.59 Å². The Balaban J connectivity index is 1.87. The van der Waals surface area contributed by atoms with Crippen LogP contribution in [0.4, 0.5) is 0 Å². The topological polar surface area (TPSA) is 74.0 Å². The molecule has 0 bridgehead atoms. The number of aliphatic hydroxyl groups is 1. The van der Waals surface area contributed by atoms with Crippen LogP contribution in [0.3, 0.4) is 0 Å². The lowest BCUT2D eigenvalue weighted by molar-refractivity contribution is -0.135. The fraction of sp³-hybridized carbons (Fsp3) is 0.571. The molecule has 110 valence electrons. The Morgan fingerprint density at radius 2 is 2.10 bits per heavy atom. The number of rotatable bonds is 3. The van der Waals surface area contributed by atoms with Gasteiger partial charge in [0, 0.05) is 20.1 Å². The summed E-state index contributed by atoms with van der Waals surface area (Å²) in [5.74, 6) is -0.197. The van der Waals surface area contributed by atoms with Crippen molar-refractivity contribution in [3.05, 3.63) is 24.2 Å². The van der Waals surface area contributed by atoms with E-state index in [-0.39, 0.29) is 24.1 Å². The van der Waals surface area contributed by atoms with Gasteiger partial charge in [-0.15, -0.1) is 0 Å². The van der Waals surface area contributed by atoms with Gasteiger partial charge >= 0.3 is 0 Å². The van der Waals surface area contributed by atoms with Gasteiger partial charge in [0.15, 0.2) is 5.76 Å². The summed E-state index contributed by atoms with van der Waals surface area (Å²) < 4.78 is 5.02. The van der Waals surface area contributed by atoms with Crippen molar-refractivity contribution < 1.29 is 19.1 Å². The number of amides is 2. The second kappa shape index (κ2) is 5.66. The molecule has 0 unspecified atom stereocenters. The summed E-state index contributed by atoms with van der Waals surface area (Å²) in [6, 6.07) is 3.21. The van der Waals surface area contributed by atoms with E-state index in [4.69, 9.17) is 4.42 Å². The van der Waals surface area contributed by atoms with Gasteiger partial charge in [-0.05, 0) is 31.9 Å². The molecular weight excluding hydrogens is 260 g/mol. The average Bonchev–Trinajstić information content (AvgIpc) is 2.91. The molecule has 2 rings (SSSR count).